The molecule has 0 spiro atoms. The molecule has 0 saturated carbocycles. The first-order valence-electron chi connectivity index (χ1n) is 6.15. The number of anilines is 1. The summed E-state index contributed by atoms with van der Waals surface area (Å²) >= 11 is 3.23. The Balaban J connectivity index is 1.93. The topological polar surface area (TPSA) is 34.4 Å². The average molecular weight is 364 g/mol. The van der Waals surface area contributed by atoms with Gasteiger partial charge in [-0.1, -0.05) is 0 Å². The fraction of sp³-hybridized carbons (Fsp3) is 0.286. The molecule has 2 aromatic rings. The summed E-state index contributed by atoms with van der Waals surface area (Å²) in [5, 5.41) is 3.18. The van der Waals surface area contributed by atoms with Gasteiger partial charge in [0, 0.05) is 5.69 Å². The van der Waals surface area contributed by atoms with Crippen LogP contribution in [0.5, 0.6) is 5.75 Å². The first-order chi connectivity index (χ1) is 9.83. The first-order valence-corrected chi connectivity index (χ1v) is 6.94. The van der Waals surface area contributed by atoms with Gasteiger partial charge in [-0.3, -0.25) is 0 Å². The molecule has 1 N–H and O–H groups in total. The van der Waals surface area contributed by atoms with Crippen LogP contribution in [0.4, 0.5) is 18.9 Å². The predicted octanol–water partition coefficient (Wildman–Crippen LogP) is 5.16. The second-order valence-electron chi connectivity index (χ2n) is 4.44. The van der Waals surface area contributed by atoms with Crippen molar-refractivity contribution in [1.82, 2.24) is 0 Å². The third-order valence-corrected chi connectivity index (χ3v) is 3.09. The molecule has 114 valence electrons. The second-order valence-corrected chi connectivity index (χ2v) is 5.22. The lowest BCUT2D eigenvalue weighted by Gasteiger charge is -2.14. The second kappa shape index (κ2) is 6.43. The summed E-state index contributed by atoms with van der Waals surface area (Å²) in [6.07, 6.45) is -4.34. The Kier molecular flexibility index (Phi) is 4.82. The molecule has 0 aliphatic carbocycles. The van der Waals surface area contributed by atoms with Crippen LogP contribution in [0.3, 0.4) is 0 Å². The lowest BCUT2D eigenvalue weighted by atomic mass is 10.2. The fourth-order valence-electron chi connectivity index (χ4n) is 1.69. The molecule has 0 aliphatic rings. The maximum atomic E-state index is 12.0. The summed E-state index contributed by atoms with van der Waals surface area (Å²) in [5.74, 6) is 0.922. The third-order valence-electron chi connectivity index (χ3n) is 2.66. The molecular formula is C14H13BrF3NO2. The van der Waals surface area contributed by atoms with Gasteiger partial charge < -0.3 is 14.5 Å². The zero-order chi connectivity index (χ0) is 15.5. The van der Waals surface area contributed by atoms with E-state index in [9.17, 15) is 13.2 Å². The van der Waals surface area contributed by atoms with E-state index in [1.807, 2.05) is 13.0 Å². The molecule has 1 aromatic heterocycles. The lowest BCUT2D eigenvalue weighted by Crippen LogP contribution is -2.19. The number of benzene rings is 1. The van der Waals surface area contributed by atoms with Gasteiger partial charge in [-0.25, -0.2) is 0 Å². The van der Waals surface area contributed by atoms with Crippen LogP contribution in [0.15, 0.2) is 45.5 Å². The minimum Gasteiger partial charge on any atom is -0.484 e. The van der Waals surface area contributed by atoms with E-state index in [4.69, 9.17) is 4.42 Å². The Bertz CT molecular complexity index is 581. The Morgan fingerprint density at radius 2 is 1.86 bits per heavy atom. The van der Waals surface area contributed by atoms with Crippen LogP contribution >= 0.6 is 15.9 Å². The summed E-state index contributed by atoms with van der Waals surface area (Å²) in [4.78, 5) is 0. The number of alkyl halides is 3. The van der Waals surface area contributed by atoms with E-state index in [-0.39, 0.29) is 11.8 Å². The Morgan fingerprint density at radius 1 is 1.19 bits per heavy atom. The van der Waals surface area contributed by atoms with E-state index < -0.39 is 12.8 Å². The number of hydrogen-bond acceptors (Lipinski definition) is 3. The third kappa shape index (κ3) is 5.00. The van der Waals surface area contributed by atoms with Crippen molar-refractivity contribution >= 4 is 21.6 Å². The van der Waals surface area contributed by atoms with Crippen molar-refractivity contribution in [1.29, 1.82) is 0 Å². The van der Waals surface area contributed by atoms with Crippen molar-refractivity contribution in [2.45, 2.75) is 19.1 Å². The summed E-state index contributed by atoms with van der Waals surface area (Å²) in [6, 6.07) is 9.83. The summed E-state index contributed by atoms with van der Waals surface area (Å²) in [5.41, 5.74) is 0.759. The highest BCUT2D eigenvalue weighted by molar-refractivity contribution is 9.10. The fourth-order valence-corrected chi connectivity index (χ4v) is 2.01. The first kappa shape index (κ1) is 15.8. The molecule has 0 aliphatic heterocycles. The van der Waals surface area contributed by atoms with Crippen LogP contribution in [0.25, 0.3) is 0 Å². The quantitative estimate of drug-likeness (QED) is 0.796. The standard InChI is InChI=1S/C14H13BrF3NO2/c1-9(12-6-7-13(15)21-12)19-10-2-4-11(5-3-10)20-8-14(16,17)18/h2-7,9,19H,8H2,1H3. The van der Waals surface area contributed by atoms with Gasteiger partial charge in [0.15, 0.2) is 11.3 Å². The van der Waals surface area contributed by atoms with Gasteiger partial charge in [0.25, 0.3) is 0 Å². The van der Waals surface area contributed by atoms with E-state index in [1.165, 1.54) is 12.1 Å². The highest BCUT2D eigenvalue weighted by atomic mass is 79.9. The zero-order valence-electron chi connectivity index (χ0n) is 11.1. The highest BCUT2D eigenvalue weighted by Crippen LogP contribution is 2.25. The van der Waals surface area contributed by atoms with Crippen molar-refractivity contribution in [2.24, 2.45) is 0 Å². The van der Waals surface area contributed by atoms with E-state index in [0.717, 1.165) is 11.4 Å². The van der Waals surface area contributed by atoms with Gasteiger partial charge in [0.2, 0.25) is 0 Å². The van der Waals surface area contributed by atoms with Crippen molar-refractivity contribution in [3.05, 3.63) is 46.8 Å². The van der Waals surface area contributed by atoms with Crippen molar-refractivity contribution in [2.75, 3.05) is 11.9 Å². The van der Waals surface area contributed by atoms with Gasteiger partial charge >= 0.3 is 6.18 Å². The van der Waals surface area contributed by atoms with Gasteiger partial charge in [-0.15, -0.1) is 0 Å². The number of furan rings is 1. The number of halogens is 4. The zero-order valence-corrected chi connectivity index (χ0v) is 12.7. The molecule has 2 rings (SSSR count). The van der Waals surface area contributed by atoms with Crippen LogP contribution in [0, 0.1) is 0 Å². The minimum absolute atomic E-state index is 0.0711. The van der Waals surface area contributed by atoms with Crippen LogP contribution in [-0.4, -0.2) is 12.8 Å². The summed E-state index contributed by atoms with van der Waals surface area (Å²) in [6.45, 7) is 0.621. The highest BCUT2D eigenvalue weighted by Gasteiger charge is 2.28. The van der Waals surface area contributed by atoms with Crippen molar-refractivity contribution in [3.63, 3.8) is 0 Å². The smallest absolute Gasteiger partial charge is 0.422 e. The molecule has 21 heavy (non-hydrogen) atoms. The molecule has 0 bridgehead atoms. The van der Waals surface area contributed by atoms with Crippen LogP contribution in [0.1, 0.15) is 18.7 Å². The molecule has 0 amide bonds. The maximum absolute atomic E-state index is 12.0. The molecule has 7 heteroatoms. The Morgan fingerprint density at radius 3 is 2.38 bits per heavy atom. The molecule has 0 radical (unpaired) electrons. The Hall–Kier alpha value is -1.63. The molecule has 1 atom stereocenters. The molecule has 3 nitrogen and oxygen atoms in total. The average Bonchev–Trinajstić information content (AvgIpc) is 2.84. The van der Waals surface area contributed by atoms with Crippen molar-refractivity contribution < 1.29 is 22.3 Å². The van der Waals surface area contributed by atoms with E-state index in [1.54, 1.807) is 18.2 Å². The summed E-state index contributed by atoms with van der Waals surface area (Å²) < 4.78 is 46.8. The van der Waals surface area contributed by atoms with Crippen LogP contribution in [0.2, 0.25) is 0 Å². The monoisotopic (exact) mass is 363 g/mol. The normalized spacial score (nSPS) is 13.0. The number of hydrogen-bond donors (Lipinski definition) is 1. The molecule has 0 saturated heterocycles. The Labute approximate surface area is 128 Å². The SMILES string of the molecule is CC(Nc1ccc(OCC(F)(F)F)cc1)c1ccc(Br)o1. The molecule has 1 aromatic carbocycles. The molecule has 0 fully saturated rings. The van der Waals surface area contributed by atoms with Gasteiger partial charge in [0.1, 0.15) is 11.5 Å². The van der Waals surface area contributed by atoms with E-state index >= 15 is 0 Å². The van der Waals surface area contributed by atoms with E-state index in [0.29, 0.717) is 4.67 Å². The minimum atomic E-state index is -4.34. The number of rotatable bonds is 5. The van der Waals surface area contributed by atoms with Gasteiger partial charge in [0.05, 0.1) is 6.04 Å². The molecular weight excluding hydrogens is 351 g/mol. The maximum Gasteiger partial charge on any atom is 0.422 e. The van der Waals surface area contributed by atoms with Gasteiger partial charge in [-0.05, 0) is 59.3 Å². The van der Waals surface area contributed by atoms with E-state index in [2.05, 4.69) is 26.0 Å². The largest absolute Gasteiger partial charge is 0.484 e. The molecule has 1 unspecified atom stereocenters. The molecule has 1 heterocycles. The van der Waals surface area contributed by atoms with Crippen LogP contribution in [-0.2, 0) is 0 Å². The summed E-state index contributed by atoms with van der Waals surface area (Å²) in [7, 11) is 0. The van der Waals surface area contributed by atoms with Gasteiger partial charge in [-0.2, -0.15) is 13.2 Å². The lowest BCUT2D eigenvalue weighted by molar-refractivity contribution is -0.153. The number of ether oxygens (including phenoxy) is 1. The van der Waals surface area contributed by atoms with Crippen LogP contribution < -0.4 is 10.1 Å². The predicted molar refractivity (Wildman–Crippen MR) is 76.4 cm³/mol. The van der Waals surface area contributed by atoms with Crippen molar-refractivity contribution in [3.8, 4) is 5.75 Å². The number of nitrogens with one attached hydrogen (secondary N) is 1.